The van der Waals surface area contributed by atoms with Gasteiger partial charge in [0.25, 0.3) is 0 Å². The van der Waals surface area contributed by atoms with Crippen LogP contribution in [0.4, 0.5) is 0 Å². The summed E-state index contributed by atoms with van der Waals surface area (Å²) < 4.78 is 11.8. The monoisotopic (exact) mass is 448 g/mol. The van der Waals surface area contributed by atoms with E-state index >= 15 is 0 Å². The summed E-state index contributed by atoms with van der Waals surface area (Å²) in [5.41, 5.74) is 6.24. The maximum Gasteiger partial charge on any atom is 0.131 e. The molecule has 2 aromatic carbocycles. The summed E-state index contributed by atoms with van der Waals surface area (Å²) in [6, 6.07) is 22.9. The van der Waals surface area contributed by atoms with Crippen molar-refractivity contribution in [3.05, 3.63) is 102 Å². The molecule has 2 fully saturated rings. The Hall–Kier alpha value is -3.37. The highest BCUT2D eigenvalue weighted by molar-refractivity contribution is 5.67. The number of piperidine rings is 1. The number of ether oxygens (including phenoxy) is 1. The summed E-state index contributed by atoms with van der Waals surface area (Å²) in [6.45, 7) is 1.01. The van der Waals surface area contributed by atoms with Crippen LogP contribution in [-0.4, -0.2) is 22.0 Å². The van der Waals surface area contributed by atoms with Gasteiger partial charge in [-0.2, -0.15) is 0 Å². The van der Waals surface area contributed by atoms with E-state index in [1.807, 2.05) is 24.7 Å². The molecule has 3 atom stereocenters. The highest BCUT2D eigenvalue weighted by atomic mass is 16.5. The lowest BCUT2D eigenvalue weighted by Crippen LogP contribution is -2.43. The third kappa shape index (κ3) is 3.36. The zero-order valence-corrected chi connectivity index (χ0v) is 19.1. The molecule has 2 saturated heterocycles. The third-order valence-corrected chi connectivity index (χ3v) is 8.15. The largest absolute Gasteiger partial charge is 0.472 e. The van der Waals surface area contributed by atoms with Gasteiger partial charge in [0.05, 0.1) is 12.5 Å². The molecule has 7 rings (SSSR count). The van der Waals surface area contributed by atoms with Crippen LogP contribution in [-0.2, 0) is 6.54 Å². The zero-order valence-electron chi connectivity index (χ0n) is 19.1. The molecule has 3 unspecified atom stereocenters. The second kappa shape index (κ2) is 8.14. The molecule has 3 aliphatic rings. The molecule has 2 aromatic heterocycles. The lowest BCUT2D eigenvalue weighted by molar-refractivity contribution is 0.0887. The average molecular weight is 449 g/mol. The van der Waals surface area contributed by atoms with Crippen LogP contribution >= 0.6 is 0 Å². The molecule has 4 nitrogen and oxygen atoms in total. The van der Waals surface area contributed by atoms with Gasteiger partial charge in [0.2, 0.25) is 0 Å². The van der Waals surface area contributed by atoms with Crippen molar-refractivity contribution >= 4 is 0 Å². The van der Waals surface area contributed by atoms with E-state index < -0.39 is 0 Å². The number of pyridine rings is 1. The van der Waals surface area contributed by atoms with Gasteiger partial charge in [-0.25, -0.2) is 0 Å². The Bertz CT molecular complexity index is 1290. The molecule has 170 valence electrons. The molecule has 0 spiro atoms. The third-order valence-electron chi connectivity index (χ3n) is 8.15. The first-order valence-corrected chi connectivity index (χ1v) is 12.4. The van der Waals surface area contributed by atoms with Crippen LogP contribution in [0.5, 0.6) is 11.5 Å². The molecule has 0 saturated carbocycles. The minimum Gasteiger partial charge on any atom is -0.472 e. The van der Waals surface area contributed by atoms with Gasteiger partial charge in [0.1, 0.15) is 11.5 Å². The topological polar surface area (TPSA) is 38.5 Å². The fourth-order valence-corrected chi connectivity index (χ4v) is 6.66. The number of furan rings is 1. The highest BCUT2D eigenvalue weighted by Crippen LogP contribution is 2.53. The number of rotatable bonds is 4. The van der Waals surface area contributed by atoms with Crippen molar-refractivity contribution in [2.75, 3.05) is 0 Å². The molecular formula is C30H28N2O2. The van der Waals surface area contributed by atoms with Gasteiger partial charge in [-0.15, -0.1) is 0 Å². The van der Waals surface area contributed by atoms with Crippen molar-refractivity contribution in [1.29, 1.82) is 0 Å². The number of nitrogens with zero attached hydrogens (tertiary/aromatic N) is 2. The first-order chi connectivity index (χ1) is 16.8. The zero-order chi connectivity index (χ0) is 22.5. The first-order valence-electron chi connectivity index (χ1n) is 12.4. The Morgan fingerprint density at radius 2 is 1.71 bits per heavy atom. The van der Waals surface area contributed by atoms with Crippen molar-refractivity contribution in [1.82, 2.24) is 9.88 Å². The molecule has 2 bridgehead atoms. The van der Waals surface area contributed by atoms with Crippen LogP contribution in [0.25, 0.3) is 11.1 Å². The minimum absolute atomic E-state index is 0.377. The number of fused-ring (bicyclic) bond motifs is 4. The SMILES string of the molecule is c1cncc(-c2ccc3c(c2)Oc2ccccc2C3C2CC3CCC(C2)N3Cc2ccoc2)c1. The molecular weight excluding hydrogens is 420 g/mol. The summed E-state index contributed by atoms with van der Waals surface area (Å²) in [5.74, 6) is 3.00. The summed E-state index contributed by atoms with van der Waals surface area (Å²) in [6.07, 6.45) is 12.5. The number of hydrogen-bond donors (Lipinski definition) is 0. The molecule has 5 heterocycles. The van der Waals surface area contributed by atoms with Gasteiger partial charge in [-0.1, -0.05) is 36.4 Å². The van der Waals surface area contributed by atoms with Crippen LogP contribution in [0.1, 0.15) is 48.3 Å². The maximum absolute atomic E-state index is 6.48. The van der Waals surface area contributed by atoms with Crippen LogP contribution in [0, 0.1) is 5.92 Å². The normalized spacial score (nSPS) is 25.4. The van der Waals surface area contributed by atoms with Crippen molar-refractivity contribution in [2.45, 2.75) is 50.2 Å². The summed E-state index contributed by atoms with van der Waals surface area (Å²) in [7, 11) is 0. The van der Waals surface area contributed by atoms with Crippen molar-refractivity contribution in [2.24, 2.45) is 5.92 Å². The second-order valence-corrected chi connectivity index (χ2v) is 10.0. The van der Waals surface area contributed by atoms with Crippen molar-refractivity contribution in [3.8, 4) is 22.6 Å². The van der Waals surface area contributed by atoms with E-state index in [9.17, 15) is 0 Å². The first kappa shape index (κ1) is 20.0. The summed E-state index contributed by atoms with van der Waals surface area (Å²) >= 11 is 0. The van der Waals surface area contributed by atoms with Crippen molar-refractivity contribution in [3.63, 3.8) is 0 Å². The number of benzene rings is 2. The smallest absolute Gasteiger partial charge is 0.131 e. The Balaban J connectivity index is 1.23. The number of aromatic nitrogens is 1. The van der Waals surface area contributed by atoms with Crippen LogP contribution < -0.4 is 4.74 Å². The van der Waals surface area contributed by atoms with Crippen LogP contribution in [0.3, 0.4) is 0 Å². The van der Waals surface area contributed by atoms with Gasteiger partial charge < -0.3 is 9.15 Å². The fraction of sp³-hybridized carbons (Fsp3) is 0.300. The summed E-state index contributed by atoms with van der Waals surface area (Å²) in [4.78, 5) is 7.04. The van der Waals surface area contributed by atoms with E-state index in [2.05, 4.69) is 64.5 Å². The van der Waals surface area contributed by atoms with Gasteiger partial charge in [-0.3, -0.25) is 9.88 Å². The Labute approximate surface area is 200 Å². The summed E-state index contributed by atoms with van der Waals surface area (Å²) in [5, 5.41) is 0. The van der Waals surface area contributed by atoms with Gasteiger partial charge >= 0.3 is 0 Å². The number of para-hydroxylation sites is 1. The van der Waals surface area contributed by atoms with Crippen LogP contribution in [0.15, 0.2) is 90.0 Å². The molecule has 3 aliphatic heterocycles. The van der Waals surface area contributed by atoms with E-state index in [-0.39, 0.29) is 0 Å². The number of hydrogen-bond acceptors (Lipinski definition) is 4. The van der Waals surface area contributed by atoms with E-state index in [4.69, 9.17) is 9.15 Å². The molecule has 34 heavy (non-hydrogen) atoms. The maximum atomic E-state index is 6.48. The van der Waals surface area contributed by atoms with E-state index in [1.165, 1.54) is 42.4 Å². The lowest BCUT2D eigenvalue weighted by Gasteiger charge is -2.43. The Morgan fingerprint density at radius 3 is 2.50 bits per heavy atom. The van der Waals surface area contributed by atoms with E-state index in [1.54, 1.807) is 6.26 Å². The van der Waals surface area contributed by atoms with E-state index in [0.29, 0.717) is 23.9 Å². The predicted octanol–water partition coefficient (Wildman–Crippen LogP) is 7.02. The van der Waals surface area contributed by atoms with E-state index in [0.717, 1.165) is 29.2 Å². The Kier molecular flexibility index (Phi) is 4.80. The quantitative estimate of drug-likeness (QED) is 0.336. The standard InChI is InChI=1S/C30H28N2O2/c1-2-6-28-26(5-1)30(27-10-7-21(16-29(27)34-28)22-4-3-12-31-17-22)23-14-24-8-9-25(15-23)32(24)18-20-11-13-33-19-20/h1-7,10-13,16-17,19,23-25,30H,8-9,14-15,18H2. The fourth-order valence-electron chi connectivity index (χ4n) is 6.66. The van der Waals surface area contributed by atoms with Gasteiger partial charge in [0, 0.05) is 59.2 Å². The highest BCUT2D eigenvalue weighted by Gasteiger charge is 2.45. The Morgan fingerprint density at radius 1 is 0.853 bits per heavy atom. The molecule has 0 aliphatic carbocycles. The molecule has 4 heteroatoms. The van der Waals surface area contributed by atoms with Gasteiger partial charge in [0.15, 0.2) is 0 Å². The molecule has 4 aromatic rings. The van der Waals surface area contributed by atoms with Crippen LogP contribution in [0.2, 0.25) is 0 Å². The molecule has 0 radical (unpaired) electrons. The second-order valence-electron chi connectivity index (χ2n) is 10.0. The minimum atomic E-state index is 0.377. The van der Waals surface area contributed by atoms with Crippen molar-refractivity contribution < 1.29 is 9.15 Å². The lowest BCUT2D eigenvalue weighted by atomic mass is 9.72. The molecule has 0 amide bonds. The van der Waals surface area contributed by atoms with Gasteiger partial charge in [-0.05, 0) is 61.4 Å². The predicted molar refractivity (Wildman–Crippen MR) is 132 cm³/mol. The average Bonchev–Trinajstić information content (AvgIpc) is 3.47. The molecule has 0 N–H and O–H groups in total.